The number of nitrogen functional groups attached to an aromatic ring is 1. The maximum absolute atomic E-state index is 5.93. The molecule has 1 aliphatic carbocycles. The van der Waals surface area contributed by atoms with Crippen molar-refractivity contribution in [3.8, 4) is 0 Å². The Morgan fingerprint density at radius 3 is 2.78 bits per heavy atom. The van der Waals surface area contributed by atoms with E-state index in [1.54, 1.807) is 0 Å². The van der Waals surface area contributed by atoms with Crippen molar-refractivity contribution in [2.75, 3.05) is 5.73 Å². The zero-order chi connectivity index (χ0) is 13.1. The summed E-state index contributed by atoms with van der Waals surface area (Å²) < 4.78 is 0. The van der Waals surface area contributed by atoms with Crippen LogP contribution in [0.5, 0.6) is 0 Å². The van der Waals surface area contributed by atoms with E-state index in [-0.39, 0.29) is 0 Å². The van der Waals surface area contributed by atoms with Crippen LogP contribution in [0.3, 0.4) is 0 Å². The number of hydrogen-bond donors (Lipinski definition) is 1. The van der Waals surface area contributed by atoms with Gasteiger partial charge in [0.25, 0.3) is 0 Å². The highest BCUT2D eigenvalue weighted by Gasteiger charge is 2.23. The van der Waals surface area contributed by atoms with E-state index in [9.17, 15) is 0 Å². The molecule has 2 rings (SSSR count). The van der Waals surface area contributed by atoms with E-state index < -0.39 is 0 Å². The molecule has 1 aromatic heterocycles. The number of nitrogens with zero attached hydrogens (tertiary/aromatic N) is 2. The minimum Gasteiger partial charge on any atom is -0.384 e. The van der Waals surface area contributed by atoms with Crippen LogP contribution < -0.4 is 5.73 Å². The Hall–Kier alpha value is -1.12. The molecule has 0 aromatic carbocycles. The highest BCUT2D eigenvalue weighted by atomic mass is 15.0. The fourth-order valence-electron chi connectivity index (χ4n) is 2.91. The first-order chi connectivity index (χ1) is 8.54. The first kappa shape index (κ1) is 13.3. The summed E-state index contributed by atoms with van der Waals surface area (Å²) in [4.78, 5) is 9.21. The molecule has 3 nitrogen and oxygen atoms in total. The van der Waals surface area contributed by atoms with Gasteiger partial charge in [-0.25, -0.2) is 9.97 Å². The van der Waals surface area contributed by atoms with Crippen molar-refractivity contribution in [1.29, 1.82) is 0 Å². The fourth-order valence-corrected chi connectivity index (χ4v) is 2.91. The lowest BCUT2D eigenvalue weighted by Gasteiger charge is -2.26. The summed E-state index contributed by atoms with van der Waals surface area (Å²) in [6.45, 7) is 6.74. The van der Waals surface area contributed by atoms with Crippen molar-refractivity contribution in [3.05, 3.63) is 17.6 Å². The molecule has 0 saturated heterocycles. The Morgan fingerprint density at radius 2 is 2.11 bits per heavy atom. The Morgan fingerprint density at radius 1 is 1.33 bits per heavy atom. The van der Waals surface area contributed by atoms with E-state index in [1.165, 1.54) is 25.7 Å². The van der Waals surface area contributed by atoms with Gasteiger partial charge < -0.3 is 5.73 Å². The normalized spacial score (nSPS) is 24.4. The van der Waals surface area contributed by atoms with Crippen LogP contribution in [0.1, 0.15) is 63.9 Å². The molecule has 0 aliphatic heterocycles. The molecule has 18 heavy (non-hydrogen) atoms. The molecule has 2 N–H and O–H groups in total. The zero-order valence-electron chi connectivity index (χ0n) is 11.8. The standard InChI is InChI=1S/C15H25N3/c1-10(2)7-13-9-14(16)18-15(17-13)12-6-4-5-11(3)8-12/h9-12H,4-8H2,1-3H3,(H2,16,17,18). The average molecular weight is 247 g/mol. The van der Waals surface area contributed by atoms with Gasteiger partial charge in [0, 0.05) is 17.7 Å². The Balaban J connectivity index is 2.18. The molecule has 3 heteroatoms. The second kappa shape index (κ2) is 5.68. The number of aromatic nitrogens is 2. The van der Waals surface area contributed by atoms with Gasteiger partial charge in [0.15, 0.2) is 0 Å². The first-order valence-electron chi connectivity index (χ1n) is 7.18. The molecule has 1 saturated carbocycles. The Kier molecular flexibility index (Phi) is 4.20. The third kappa shape index (κ3) is 3.44. The van der Waals surface area contributed by atoms with Gasteiger partial charge in [0.1, 0.15) is 11.6 Å². The zero-order valence-corrected chi connectivity index (χ0v) is 11.8. The number of nitrogens with two attached hydrogens (primary N) is 1. The first-order valence-corrected chi connectivity index (χ1v) is 7.18. The van der Waals surface area contributed by atoms with E-state index >= 15 is 0 Å². The molecule has 0 amide bonds. The van der Waals surface area contributed by atoms with Crippen molar-refractivity contribution in [2.24, 2.45) is 11.8 Å². The van der Waals surface area contributed by atoms with Crippen molar-refractivity contribution in [1.82, 2.24) is 9.97 Å². The molecule has 0 bridgehead atoms. The third-order valence-electron chi connectivity index (χ3n) is 3.74. The summed E-state index contributed by atoms with van der Waals surface area (Å²) in [5.41, 5.74) is 7.03. The van der Waals surface area contributed by atoms with Gasteiger partial charge in [-0.1, -0.05) is 33.6 Å². The molecule has 100 valence electrons. The van der Waals surface area contributed by atoms with E-state index in [0.717, 1.165) is 23.9 Å². The summed E-state index contributed by atoms with van der Waals surface area (Å²) in [5.74, 6) is 3.54. The Bertz CT molecular complexity index is 401. The van der Waals surface area contributed by atoms with E-state index in [0.29, 0.717) is 17.7 Å². The molecule has 1 aromatic rings. The fraction of sp³-hybridized carbons (Fsp3) is 0.733. The van der Waals surface area contributed by atoms with Crippen molar-refractivity contribution in [3.63, 3.8) is 0 Å². The SMILES string of the molecule is CC(C)Cc1cc(N)nc(C2CCCC(C)C2)n1. The van der Waals surface area contributed by atoms with Crippen LogP contribution >= 0.6 is 0 Å². The summed E-state index contributed by atoms with van der Waals surface area (Å²) in [5, 5.41) is 0. The third-order valence-corrected chi connectivity index (χ3v) is 3.74. The van der Waals surface area contributed by atoms with Crippen LogP contribution in [0.2, 0.25) is 0 Å². The summed E-state index contributed by atoms with van der Waals surface area (Å²) in [7, 11) is 0. The van der Waals surface area contributed by atoms with Crippen molar-refractivity contribution >= 4 is 5.82 Å². The van der Waals surface area contributed by atoms with Crippen LogP contribution in [-0.4, -0.2) is 9.97 Å². The maximum atomic E-state index is 5.93. The van der Waals surface area contributed by atoms with Gasteiger partial charge in [0.2, 0.25) is 0 Å². The maximum Gasteiger partial charge on any atom is 0.134 e. The van der Waals surface area contributed by atoms with Crippen LogP contribution in [0.15, 0.2) is 6.07 Å². The number of rotatable bonds is 3. The van der Waals surface area contributed by atoms with Crippen molar-refractivity contribution in [2.45, 2.75) is 58.8 Å². The topological polar surface area (TPSA) is 51.8 Å². The quantitative estimate of drug-likeness (QED) is 0.888. The van der Waals surface area contributed by atoms with E-state index in [2.05, 4.69) is 25.8 Å². The molecule has 1 aliphatic rings. The summed E-state index contributed by atoms with van der Waals surface area (Å²) >= 11 is 0. The molecule has 2 unspecified atom stereocenters. The molecule has 2 atom stereocenters. The highest BCUT2D eigenvalue weighted by Crippen LogP contribution is 2.34. The summed E-state index contributed by atoms with van der Waals surface area (Å²) in [6.07, 6.45) is 6.06. The average Bonchev–Trinajstić information content (AvgIpc) is 2.27. The highest BCUT2D eigenvalue weighted by molar-refractivity contribution is 5.30. The number of hydrogen-bond acceptors (Lipinski definition) is 3. The van der Waals surface area contributed by atoms with Gasteiger partial charge in [0.05, 0.1) is 0 Å². The van der Waals surface area contributed by atoms with Gasteiger partial charge in [-0.15, -0.1) is 0 Å². The molecule has 1 heterocycles. The second-order valence-corrected chi connectivity index (χ2v) is 6.21. The lowest BCUT2D eigenvalue weighted by molar-refractivity contribution is 0.334. The van der Waals surface area contributed by atoms with Crippen LogP contribution in [0.25, 0.3) is 0 Å². The molecular weight excluding hydrogens is 222 g/mol. The van der Waals surface area contributed by atoms with Crippen molar-refractivity contribution < 1.29 is 0 Å². The molecule has 0 radical (unpaired) electrons. The van der Waals surface area contributed by atoms with Gasteiger partial charge in [-0.05, 0) is 31.1 Å². The van der Waals surface area contributed by atoms with Gasteiger partial charge in [-0.3, -0.25) is 0 Å². The van der Waals surface area contributed by atoms with Gasteiger partial charge >= 0.3 is 0 Å². The van der Waals surface area contributed by atoms with Crippen LogP contribution in [0.4, 0.5) is 5.82 Å². The monoisotopic (exact) mass is 247 g/mol. The minimum absolute atomic E-state index is 0.517. The predicted octanol–water partition coefficient (Wildman–Crippen LogP) is 3.55. The Labute approximate surface area is 110 Å². The van der Waals surface area contributed by atoms with Crippen LogP contribution in [-0.2, 0) is 6.42 Å². The van der Waals surface area contributed by atoms with E-state index in [4.69, 9.17) is 10.7 Å². The van der Waals surface area contributed by atoms with Crippen LogP contribution in [0, 0.1) is 11.8 Å². The number of anilines is 1. The van der Waals surface area contributed by atoms with E-state index in [1.807, 2.05) is 6.07 Å². The lowest BCUT2D eigenvalue weighted by atomic mass is 9.82. The minimum atomic E-state index is 0.517. The molecular formula is C15H25N3. The van der Waals surface area contributed by atoms with Gasteiger partial charge in [-0.2, -0.15) is 0 Å². The molecule has 1 fully saturated rings. The second-order valence-electron chi connectivity index (χ2n) is 6.21. The lowest BCUT2D eigenvalue weighted by Crippen LogP contribution is -2.16. The predicted molar refractivity (Wildman–Crippen MR) is 75.4 cm³/mol. The smallest absolute Gasteiger partial charge is 0.134 e. The summed E-state index contributed by atoms with van der Waals surface area (Å²) in [6, 6.07) is 1.93. The molecule has 0 spiro atoms. The largest absolute Gasteiger partial charge is 0.384 e.